The number of carbonyl (C=O) groups is 1. The van der Waals surface area contributed by atoms with Gasteiger partial charge in [-0.3, -0.25) is 19.2 Å². The Hall–Kier alpha value is -2.56. The third-order valence-electron chi connectivity index (χ3n) is 2.60. The third-order valence-corrected chi connectivity index (χ3v) is 2.60. The number of fused-ring (bicyclic) bond motifs is 1. The summed E-state index contributed by atoms with van der Waals surface area (Å²) in [6.45, 7) is 6.94. The number of aliphatic imine (C=N–C) groups is 1. The van der Waals surface area contributed by atoms with Crippen LogP contribution in [0.15, 0.2) is 42.3 Å². The van der Waals surface area contributed by atoms with E-state index in [0.29, 0.717) is 17.2 Å². The second-order valence-electron chi connectivity index (χ2n) is 3.86. The Morgan fingerprint density at radius 2 is 2.32 bits per heavy atom. The summed E-state index contributed by atoms with van der Waals surface area (Å²) in [5, 5.41) is 0. The lowest BCUT2D eigenvalue weighted by atomic mass is 10.3. The molecule has 2 rings (SSSR count). The highest BCUT2D eigenvalue weighted by Gasteiger charge is 2.16. The lowest BCUT2D eigenvalue weighted by Gasteiger charge is -1.97. The molecule has 0 N–H and O–H groups in total. The molecule has 5 heteroatoms. The molecular formula is C14H14N4O. The molecule has 19 heavy (non-hydrogen) atoms. The van der Waals surface area contributed by atoms with Crippen molar-refractivity contribution in [1.82, 2.24) is 14.4 Å². The maximum Gasteiger partial charge on any atom is 0.195 e. The van der Waals surface area contributed by atoms with Crippen LogP contribution in [-0.4, -0.2) is 26.4 Å². The Balaban J connectivity index is 2.70. The SMILES string of the molecule is C=CC=N/C(=C\C)c1nc(C(C)=O)n2ccncc12. The molecule has 2 aromatic heterocycles. The highest BCUT2D eigenvalue weighted by atomic mass is 16.1. The van der Waals surface area contributed by atoms with Crippen molar-refractivity contribution in [2.45, 2.75) is 13.8 Å². The van der Waals surface area contributed by atoms with Gasteiger partial charge >= 0.3 is 0 Å². The minimum atomic E-state index is -0.101. The molecule has 0 saturated carbocycles. The van der Waals surface area contributed by atoms with Gasteiger partial charge < -0.3 is 0 Å². The van der Waals surface area contributed by atoms with E-state index in [2.05, 4.69) is 21.5 Å². The molecule has 0 aromatic carbocycles. The first-order valence-electron chi connectivity index (χ1n) is 5.83. The predicted molar refractivity (Wildman–Crippen MR) is 75.3 cm³/mol. The summed E-state index contributed by atoms with van der Waals surface area (Å²) < 4.78 is 1.72. The number of hydrogen-bond donors (Lipinski definition) is 0. The van der Waals surface area contributed by atoms with E-state index in [9.17, 15) is 4.79 Å². The molecule has 0 unspecified atom stereocenters. The summed E-state index contributed by atoms with van der Waals surface area (Å²) >= 11 is 0. The average molecular weight is 254 g/mol. The van der Waals surface area contributed by atoms with Gasteiger partial charge in [0.1, 0.15) is 5.69 Å². The van der Waals surface area contributed by atoms with Crippen LogP contribution in [0.5, 0.6) is 0 Å². The fourth-order valence-corrected chi connectivity index (χ4v) is 1.78. The van der Waals surface area contributed by atoms with Crippen molar-refractivity contribution in [3.8, 4) is 0 Å². The van der Waals surface area contributed by atoms with Gasteiger partial charge in [-0.15, -0.1) is 0 Å². The van der Waals surface area contributed by atoms with E-state index in [-0.39, 0.29) is 5.78 Å². The van der Waals surface area contributed by atoms with Crippen molar-refractivity contribution < 1.29 is 4.79 Å². The summed E-state index contributed by atoms with van der Waals surface area (Å²) in [7, 11) is 0. The Labute approximate surface area is 111 Å². The first kappa shape index (κ1) is 12.9. The van der Waals surface area contributed by atoms with Gasteiger partial charge in [0.2, 0.25) is 0 Å². The van der Waals surface area contributed by atoms with E-state index < -0.39 is 0 Å². The zero-order valence-corrected chi connectivity index (χ0v) is 10.9. The molecule has 0 amide bonds. The quantitative estimate of drug-likeness (QED) is 0.622. The van der Waals surface area contributed by atoms with E-state index in [0.717, 1.165) is 5.52 Å². The molecule has 5 nitrogen and oxygen atoms in total. The minimum absolute atomic E-state index is 0.101. The summed E-state index contributed by atoms with van der Waals surface area (Å²) in [6.07, 6.45) is 10.0. The third kappa shape index (κ3) is 2.35. The van der Waals surface area contributed by atoms with Gasteiger partial charge in [0.25, 0.3) is 0 Å². The number of ketones is 1. The van der Waals surface area contributed by atoms with Crippen LogP contribution in [0.3, 0.4) is 0 Å². The second kappa shape index (κ2) is 5.39. The molecule has 96 valence electrons. The number of aromatic nitrogens is 3. The Morgan fingerprint density at radius 1 is 1.53 bits per heavy atom. The maximum atomic E-state index is 11.6. The van der Waals surface area contributed by atoms with Gasteiger partial charge in [-0.1, -0.05) is 18.7 Å². The van der Waals surface area contributed by atoms with Crippen LogP contribution in [0, 0.1) is 0 Å². The standard InChI is InChI=1S/C14H14N4O/c1-4-6-16-11(5-2)13-12-9-15-7-8-18(12)14(17-13)10(3)19/h4-9H,1H2,2-3H3/b11-5-,16-6?. The van der Waals surface area contributed by atoms with Crippen LogP contribution in [0.1, 0.15) is 30.2 Å². The molecule has 0 aliphatic carbocycles. The number of Topliss-reactive ketones (excluding diaryl/α,β-unsaturated/α-hetero) is 1. The van der Waals surface area contributed by atoms with Crippen molar-refractivity contribution in [2.75, 3.05) is 0 Å². The highest BCUT2D eigenvalue weighted by molar-refractivity contribution is 5.94. The lowest BCUT2D eigenvalue weighted by molar-refractivity contribution is 0.100. The van der Waals surface area contributed by atoms with Crippen LogP contribution in [-0.2, 0) is 0 Å². The summed E-state index contributed by atoms with van der Waals surface area (Å²) in [6, 6.07) is 0. The fraction of sp³-hybridized carbons (Fsp3) is 0.143. The molecule has 0 aliphatic heterocycles. The number of rotatable bonds is 4. The molecule has 2 aromatic rings. The number of allylic oxidation sites excluding steroid dienone is 2. The predicted octanol–water partition coefficient (Wildman–Crippen LogP) is 2.55. The van der Waals surface area contributed by atoms with E-state index in [1.807, 2.05) is 13.0 Å². The summed E-state index contributed by atoms with van der Waals surface area (Å²) in [5.41, 5.74) is 2.07. The molecular weight excluding hydrogens is 240 g/mol. The van der Waals surface area contributed by atoms with Crippen LogP contribution >= 0.6 is 0 Å². The lowest BCUT2D eigenvalue weighted by Crippen LogP contribution is -2.00. The first-order valence-corrected chi connectivity index (χ1v) is 5.83. The molecule has 0 fully saturated rings. The molecule has 0 radical (unpaired) electrons. The average Bonchev–Trinajstić information content (AvgIpc) is 2.80. The fourth-order valence-electron chi connectivity index (χ4n) is 1.78. The maximum absolute atomic E-state index is 11.6. The number of hydrogen-bond acceptors (Lipinski definition) is 4. The van der Waals surface area contributed by atoms with E-state index in [4.69, 9.17) is 0 Å². The Bertz CT molecular complexity index is 695. The van der Waals surface area contributed by atoms with Gasteiger partial charge in [-0.25, -0.2) is 4.98 Å². The van der Waals surface area contributed by atoms with Crippen molar-refractivity contribution in [3.63, 3.8) is 0 Å². The van der Waals surface area contributed by atoms with Gasteiger partial charge in [0, 0.05) is 25.5 Å². The van der Waals surface area contributed by atoms with Crippen LogP contribution in [0.4, 0.5) is 0 Å². The topological polar surface area (TPSA) is 59.6 Å². The summed E-state index contributed by atoms with van der Waals surface area (Å²) in [4.78, 5) is 24.3. The number of imidazole rings is 1. The summed E-state index contributed by atoms with van der Waals surface area (Å²) in [5.74, 6) is 0.274. The van der Waals surface area contributed by atoms with Gasteiger partial charge in [0.15, 0.2) is 11.6 Å². The first-order chi connectivity index (χ1) is 9.19. The Morgan fingerprint density at radius 3 is 2.95 bits per heavy atom. The molecule has 2 heterocycles. The molecule has 0 saturated heterocycles. The highest BCUT2D eigenvalue weighted by Crippen LogP contribution is 2.21. The molecule has 0 spiro atoms. The van der Waals surface area contributed by atoms with Crippen molar-refractivity contribution in [2.24, 2.45) is 4.99 Å². The number of carbonyl (C=O) groups excluding carboxylic acids is 1. The van der Waals surface area contributed by atoms with Crippen LogP contribution in [0.25, 0.3) is 11.2 Å². The van der Waals surface area contributed by atoms with E-state index in [1.165, 1.54) is 6.92 Å². The van der Waals surface area contributed by atoms with Gasteiger partial charge in [0.05, 0.1) is 17.4 Å². The van der Waals surface area contributed by atoms with Gasteiger partial charge in [-0.05, 0) is 6.92 Å². The zero-order valence-electron chi connectivity index (χ0n) is 10.9. The normalized spacial score (nSPS) is 12.2. The zero-order chi connectivity index (χ0) is 13.8. The Kier molecular flexibility index (Phi) is 3.66. The van der Waals surface area contributed by atoms with E-state index in [1.54, 1.807) is 35.3 Å². The van der Waals surface area contributed by atoms with Crippen LogP contribution in [0.2, 0.25) is 0 Å². The monoisotopic (exact) mass is 254 g/mol. The molecule has 0 bridgehead atoms. The van der Waals surface area contributed by atoms with Crippen molar-refractivity contribution in [1.29, 1.82) is 0 Å². The van der Waals surface area contributed by atoms with Crippen molar-refractivity contribution in [3.05, 3.63) is 48.8 Å². The largest absolute Gasteiger partial charge is 0.294 e. The molecule has 0 atom stereocenters. The van der Waals surface area contributed by atoms with Crippen LogP contribution < -0.4 is 0 Å². The molecule has 0 aliphatic rings. The van der Waals surface area contributed by atoms with Gasteiger partial charge in [-0.2, -0.15) is 0 Å². The minimum Gasteiger partial charge on any atom is -0.294 e. The smallest absolute Gasteiger partial charge is 0.195 e. The second-order valence-corrected chi connectivity index (χ2v) is 3.86. The van der Waals surface area contributed by atoms with E-state index >= 15 is 0 Å². The van der Waals surface area contributed by atoms with Crippen molar-refractivity contribution >= 4 is 23.2 Å². The number of nitrogens with zero attached hydrogens (tertiary/aromatic N) is 4.